The van der Waals surface area contributed by atoms with Crippen LogP contribution in [0.25, 0.3) is 22.3 Å². The molecule has 316 valence electrons. The number of hydrogen-bond acceptors (Lipinski definition) is 1. The number of fused-ring (bicyclic) bond motifs is 6. The standard InChI is InChI=1S/C64H55N/c1-6-44-26-30-48(31-27-44)64(49-32-28-45(7-2)29-33-49)59-25-17-15-23-55(59)57-41-39-53(43-61(57)64)65(51-20-12-9-13-21-51)52-38-40-56-54-22-14-16-24-58(54)63(60(56)42-52,47-18-10-8-11-19-47)50-36-34-46(35-37-50)62(3,4)5/h8-43H,6-7H2,1-5H3. The van der Waals surface area contributed by atoms with Gasteiger partial charge in [-0.15, -0.1) is 0 Å². The van der Waals surface area contributed by atoms with Crippen LogP contribution in [0.4, 0.5) is 17.1 Å². The fourth-order valence-electron chi connectivity index (χ4n) is 11.3. The molecule has 0 spiro atoms. The van der Waals surface area contributed by atoms with E-state index in [0.29, 0.717) is 0 Å². The van der Waals surface area contributed by atoms with E-state index in [0.717, 1.165) is 29.9 Å². The summed E-state index contributed by atoms with van der Waals surface area (Å²) in [6.07, 6.45) is 2.00. The molecule has 11 rings (SSSR count). The molecule has 0 saturated heterocycles. The lowest BCUT2D eigenvalue weighted by atomic mass is 9.67. The van der Waals surface area contributed by atoms with Gasteiger partial charge < -0.3 is 4.90 Å². The van der Waals surface area contributed by atoms with Crippen molar-refractivity contribution in [3.8, 4) is 22.3 Å². The van der Waals surface area contributed by atoms with Crippen LogP contribution in [0.15, 0.2) is 218 Å². The van der Waals surface area contributed by atoms with Crippen molar-refractivity contribution in [2.45, 2.75) is 63.7 Å². The van der Waals surface area contributed by atoms with Crippen LogP contribution in [0.3, 0.4) is 0 Å². The second kappa shape index (κ2) is 15.8. The Labute approximate surface area is 385 Å². The summed E-state index contributed by atoms with van der Waals surface area (Å²) in [6.45, 7) is 11.4. The van der Waals surface area contributed by atoms with Crippen LogP contribution < -0.4 is 4.90 Å². The number of benzene rings is 9. The molecule has 0 N–H and O–H groups in total. The Morgan fingerprint density at radius 3 is 1.14 bits per heavy atom. The van der Waals surface area contributed by atoms with Crippen LogP contribution in [0, 0.1) is 0 Å². The number of para-hydroxylation sites is 1. The second-order valence-corrected chi connectivity index (χ2v) is 19.0. The lowest BCUT2D eigenvalue weighted by Crippen LogP contribution is -2.29. The summed E-state index contributed by atoms with van der Waals surface area (Å²) in [5.41, 5.74) is 21.8. The highest BCUT2D eigenvalue weighted by Crippen LogP contribution is 2.59. The predicted octanol–water partition coefficient (Wildman–Crippen LogP) is 16.3. The van der Waals surface area contributed by atoms with E-state index in [4.69, 9.17) is 0 Å². The van der Waals surface area contributed by atoms with Gasteiger partial charge in [0.25, 0.3) is 0 Å². The van der Waals surface area contributed by atoms with Crippen molar-refractivity contribution in [2.24, 2.45) is 0 Å². The second-order valence-electron chi connectivity index (χ2n) is 19.0. The van der Waals surface area contributed by atoms with Crippen molar-refractivity contribution in [3.05, 3.63) is 280 Å². The van der Waals surface area contributed by atoms with Crippen molar-refractivity contribution in [3.63, 3.8) is 0 Å². The molecule has 0 amide bonds. The van der Waals surface area contributed by atoms with Crippen LogP contribution in [0.1, 0.15) is 95.8 Å². The molecule has 65 heavy (non-hydrogen) atoms. The van der Waals surface area contributed by atoms with Crippen LogP contribution in [-0.4, -0.2) is 0 Å². The van der Waals surface area contributed by atoms with E-state index in [-0.39, 0.29) is 5.41 Å². The van der Waals surface area contributed by atoms with Gasteiger partial charge >= 0.3 is 0 Å². The molecule has 9 aromatic carbocycles. The van der Waals surface area contributed by atoms with E-state index in [9.17, 15) is 0 Å². The molecule has 9 aromatic rings. The van der Waals surface area contributed by atoms with Gasteiger partial charge in [0.2, 0.25) is 0 Å². The lowest BCUT2D eigenvalue weighted by molar-refractivity contribution is 0.589. The predicted molar refractivity (Wildman–Crippen MR) is 273 cm³/mol. The number of rotatable bonds is 9. The smallest absolute Gasteiger partial charge is 0.0714 e. The quantitative estimate of drug-likeness (QED) is 0.140. The molecule has 1 unspecified atom stereocenters. The third-order valence-electron chi connectivity index (χ3n) is 14.6. The van der Waals surface area contributed by atoms with Crippen molar-refractivity contribution in [2.75, 3.05) is 4.90 Å². The largest absolute Gasteiger partial charge is 0.310 e. The van der Waals surface area contributed by atoms with Gasteiger partial charge in [-0.25, -0.2) is 0 Å². The molecule has 1 atom stereocenters. The van der Waals surface area contributed by atoms with Gasteiger partial charge in [0.1, 0.15) is 0 Å². The number of anilines is 3. The first-order chi connectivity index (χ1) is 31.8. The third kappa shape index (κ3) is 6.28. The van der Waals surface area contributed by atoms with Gasteiger partial charge in [0.05, 0.1) is 10.8 Å². The number of aryl methyl sites for hydroxylation is 2. The topological polar surface area (TPSA) is 3.24 Å². The highest BCUT2D eigenvalue weighted by molar-refractivity contribution is 5.92. The molecule has 0 aliphatic heterocycles. The molecule has 2 aliphatic carbocycles. The first kappa shape index (κ1) is 40.5. The molecule has 0 bridgehead atoms. The first-order valence-electron chi connectivity index (χ1n) is 23.5. The average Bonchev–Trinajstić information content (AvgIpc) is 3.82. The van der Waals surface area contributed by atoms with Gasteiger partial charge in [-0.1, -0.05) is 217 Å². The summed E-state index contributed by atoms with van der Waals surface area (Å²) < 4.78 is 0. The zero-order valence-electron chi connectivity index (χ0n) is 38.1. The molecular weight excluding hydrogens is 783 g/mol. The van der Waals surface area contributed by atoms with Gasteiger partial charge in [-0.05, 0) is 138 Å². The number of hydrogen-bond donors (Lipinski definition) is 0. The molecule has 1 nitrogen and oxygen atoms in total. The molecule has 2 aliphatic rings. The monoisotopic (exact) mass is 837 g/mol. The van der Waals surface area contributed by atoms with Crippen LogP contribution in [-0.2, 0) is 29.1 Å². The van der Waals surface area contributed by atoms with E-state index < -0.39 is 10.8 Å². The van der Waals surface area contributed by atoms with Crippen molar-refractivity contribution < 1.29 is 0 Å². The fourth-order valence-corrected chi connectivity index (χ4v) is 11.3. The zero-order valence-corrected chi connectivity index (χ0v) is 38.1. The summed E-state index contributed by atoms with van der Waals surface area (Å²) in [4.78, 5) is 2.48. The normalized spacial score (nSPS) is 15.5. The van der Waals surface area contributed by atoms with Gasteiger partial charge in [0, 0.05) is 17.1 Å². The summed E-state index contributed by atoms with van der Waals surface area (Å²) in [5.74, 6) is 0. The molecule has 0 fully saturated rings. The molecule has 0 heterocycles. The van der Waals surface area contributed by atoms with E-state index in [1.807, 2.05) is 0 Å². The van der Waals surface area contributed by atoms with Crippen molar-refractivity contribution >= 4 is 17.1 Å². The molecular formula is C64H55N. The Morgan fingerprint density at radius 1 is 0.338 bits per heavy atom. The number of nitrogens with zero attached hydrogens (tertiary/aromatic N) is 1. The highest BCUT2D eigenvalue weighted by atomic mass is 15.1. The minimum Gasteiger partial charge on any atom is -0.310 e. The van der Waals surface area contributed by atoms with Gasteiger partial charge in [0.15, 0.2) is 0 Å². The minimum absolute atomic E-state index is 0.0417. The van der Waals surface area contributed by atoms with E-state index in [1.54, 1.807) is 0 Å². The zero-order chi connectivity index (χ0) is 44.3. The first-order valence-corrected chi connectivity index (χ1v) is 23.5. The Bertz CT molecular complexity index is 3120. The SMILES string of the molecule is CCc1ccc(C2(c3ccc(CC)cc3)c3ccccc3-c3ccc(N(c4ccccc4)c4ccc5c(c4)C(c4ccccc4)(c4ccc(C(C)(C)C)cc4)c4ccccc4-5)cc32)cc1. The minimum atomic E-state index is -0.536. The van der Waals surface area contributed by atoms with Gasteiger partial charge in [-0.2, -0.15) is 0 Å². The summed E-state index contributed by atoms with van der Waals surface area (Å²) in [5, 5.41) is 0. The molecule has 0 saturated carbocycles. The van der Waals surface area contributed by atoms with E-state index in [1.165, 1.54) is 83.5 Å². The fraction of sp³-hybridized carbons (Fsp3) is 0.156. The molecule has 0 aromatic heterocycles. The molecule has 1 heteroatoms. The van der Waals surface area contributed by atoms with E-state index >= 15 is 0 Å². The average molecular weight is 838 g/mol. The summed E-state index contributed by atoms with van der Waals surface area (Å²) >= 11 is 0. The Kier molecular flexibility index (Phi) is 9.85. The maximum Gasteiger partial charge on any atom is 0.0714 e. The lowest BCUT2D eigenvalue weighted by Gasteiger charge is -2.36. The third-order valence-corrected chi connectivity index (χ3v) is 14.6. The van der Waals surface area contributed by atoms with Crippen molar-refractivity contribution in [1.29, 1.82) is 0 Å². The maximum atomic E-state index is 2.50. The Balaban J connectivity index is 1.17. The van der Waals surface area contributed by atoms with E-state index in [2.05, 4.69) is 258 Å². The highest BCUT2D eigenvalue weighted by Gasteiger charge is 2.48. The molecule has 0 radical (unpaired) electrons. The summed E-state index contributed by atoms with van der Waals surface area (Å²) in [7, 11) is 0. The Hall–Kier alpha value is -7.22. The van der Waals surface area contributed by atoms with Crippen LogP contribution >= 0.6 is 0 Å². The summed E-state index contributed by atoms with van der Waals surface area (Å²) in [6, 6.07) is 83.1. The maximum absolute atomic E-state index is 2.50. The Morgan fingerprint density at radius 2 is 0.708 bits per heavy atom. The van der Waals surface area contributed by atoms with Crippen molar-refractivity contribution in [1.82, 2.24) is 0 Å². The van der Waals surface area contributed by atoms with Gasteiger partial charge in [-0.3, -0.25) is 0 Å². The van der Waals surface area contributed by atoms with Crippen LogP contribution in [0.2, 0.25) is 0 Å². The van der Waals surface area contributed by atoms with Crippen LogP contribution in [0.5, 0.6) is 0 Å².